The van der Waals surface area contributed by atoms with E-state index in [1.165, 1.54) is 7.11 Å². The molecule has 5 nitrogen and oxygen atoms in total. The van der Waals surface area contributed by atoms with E-state index in [-0.39, 0.29) is 41.0 Å². The molecule has 0 saturated heterocycles. The Balaban J connectivity index is 1.58. The van der Waals surface area contributed by atoms with Crippen LogP contribution >= 0.6 is 0 Å². The number of hydrogen-bond donors (Lipinski definition) is 3. The first kappa shape index (κ1) is 22.5. The first-order chi connectivity index (χ1) is 14.1. The minimum absolute atomic E-state index is 0.111. The van der Waals surface area contributed by atoms with Crippen LogP contribution in [0.1, 0.15) is 78.6 Å². The molecule has 0 radical (unpaired) electrons. The van der Waals surface area contributed by atoms with Crippen molar-refractivity contribution in [1.82, 2.24) is 0 Å². The van der Waals surface area contributed by atoms with Gasteiger partial charge in [-0.25, -0.2) is 0 Å². The summed E-state index contributed by atoms with van der Waals surface area (Å²) >= 11 is 0. The molecular formula is C25H42O5. The average molecular weight is 423 g/mol. The molecule has 0 spiro atoms. The number of carbonyl (C=O) groups excluding carboxylic acids is 1. The molecule has 0 aliphatic heterocycles. The van der Waals surface area contributed by atoms with E-state index in [1.54, 1.807) is 0 Å². The van der Waals surface area contributed by atoms with Crippen molar-refractivity contribution in [3.63, 3.8) is 0 Å². The number of hydrogen-bond acceptors (Lipinski definition) is 5. The van der Waals surface area contributed by atoms with E-state index in [0.29, 0.717) is 36.0 Å². The lowest BCUT2D eigenvalue weighted by molar-refractivity contribution is -0.207. The largest absolute Gasteiger partial charge is 0.469 e. The maximum Gasteiger partial charge on any atom is 0.305 e. The molecule has 4 unspecified atom stereocenters. The molecule has 11 atom stereocenters. The maximum atomic E-state index is 11.7. The Labute approximate surface area is 181 Å². The molecule has 0 heterocycles. The minimum Gasteiger partial charge on any atom is -0.469 e. The second-order valence-electron chi connectivity index (χ2n) is 11.6. The van der Waals surface area contributed by atoms with Crippen molar-refractivity contribution in [2.24, 2.45) is 46.3 Å². The zero-order chi connectivity index (χ0) is 21.8. The Hall–Kier alpha value is -0.650. The number of aliphatic hydroxyl groups is 3. The fourth-order valence-electron chi connectivity index (χ4n) is 8.78. The van der Waals surface area contributed by atoms with Crippen LogP contribution in [0.25, 0.3) is 0 Å². The van der Waals surface area contributed by atoms with Gasteiger partial charge in [-0.15, -0.1) is 0 Å². The van der Waals surface area contributed by atoms with Gasteiger partial charge in [0.15, 0.2) is 0 Å². The number of rotatable bonds is 4. The van der Waals surface area contributed by atoms with Crippen LogP contribution in [-0.2, 0) is 9.53 Å². The van der Waals surface area contributed by atoms with E-state index >= 15 is 0 Å². The lowest BCUT2D eigenvalue weighted by Gasteiger charge is -2.63. The highest BCUT2D eigenvalue weighted by molar-refractivity contribution is 5.69. The molecule has 172 valence electrons. The van der Waals surface area contributed by atoms with Gasteiger partial charge in [-0.05, 0) is 97.7 Å². The van der Waals surface area contributed by atoms with E-state index < -0.39 is 0 Å². The summed E-state index contributed by atoms with van der Waals surface area (Å²) in [5.41, 5.74) is -0.0882. The van der Waals surface area contributed by atoms with Crippen LogP contribution in [-0.4, -0.2) is 46.7 Å². The van der Waals surface area contributed by atoms with Crippen molar-refractivity contribution in [2.45, 2.75) is 96.9 Å². The Morgan fingerprint density at radius 1 is 1.07 bits per heavy atom. The number of methoxy groups -OCH3 is 1. The Morgan fingerprint density at radius 2 is 1.80 bits per heavy atom. The van der Waals surface area contributed by atoms with Crippen molar-refractivity contribution in [3.05, 3.63) is 0 Å². The van der Waals surface area contributed by atoms with Crippen LogP contribution in [0.15, 0.2) is 0 Å². The number of esters is 1. The summed E-state index contributed by atoms with van der Waals surface area (Å²) in [4.78, 5) is 11.7. The van der Waals surface area contributed by atoms with Gasteiger partial charge < -0.3 is 20.1 Å². The molecule has 0 aromatic carbocycles. The number of aliphatic hydroxyl groups excluding tert-OH is 3. The standard InChI is InChI=1S/C25H42O5/c1-14(5-8-22(29)30-4)17-6-7-18-23-19(13-21(28)25(17,18)3)24(2)10-9-16(26)11-15(24)12-20(23)27/h14-21,23,26-28H,5-13H2,1-4H3/t14?,15?,16-,17?,18+,19+,20-,21+,23?,24+,25-/m1/s1. The van der Waals surface area contributed by atoms with Gasteiger partial charge in [-0.3, -0.25) is 4.79 Å². The predicted molar refractivity (Wildman–Crippen MR) is 114 cm³/mol. The molecule has 0 bridgehead atoms. The van der Waals surface area contributed by atoms with Crippen LogP contribution in [0.3, 0.4) is 0 Å². The van der Waals surface area contributed by atoms with E-state index in [9.17, 15) is 20.1 Å². The molecule has 4 fully saturated rings. The minimum atomic E-state index is -0.369. The molecule has 0 aromatic rings. The van der Waals surface area contributed by atoms with E-state index in [1.807, 2.05) is 0 Å². The van der Waals surface area contributed by atoms with Crippen LogP contribution in [0.4, 0.5) is 0 Å². The summed E-state index contributed by atoms with van der Waals surface area (Å²) < 4.78 is 4.83. The van der Waals surface area contributed by atoms with E-state index in [0.717, 1.165) is 51.4 Å². The normalized spacial score (nSPS) is 51.4. The molecule has 0 aromatic heterocycles. The molecule has 4 aliphatic carbocycles. The highest BCUT2D eigenvalue weighted by Crippen LogP contribution is 2.68. The second-order valence-corrected chi connectivity index (χ2v) is 11.6. The lowest BCUT2D eigenvalue weighted by atomic mass is 9.43. The maximum absolute atomic E-state index is 11.7. The summed E-state index contributed by atoms with van der Waals surface area (Å²) in [6.07, 6.45) is 6.60. The first-order valence-corrected chi connectivity index (χ1v) is 12.2. The molecule has 4 rings (SSSR count). The van der Waals surface area contributed by atoms with Gasteiger partial charge in [-0.1, -0.05) is 20.8 Å². The summed E-state index contributed by atoms with van der Waals surface area (Å²) in [6.45, 7) is 6.85. The average Bonchev–Trinajstić information content (AvgIpc) is 3.06. The molecule has 0 amide bonds. The van der Waals surface area contributed by atoms with Gasteiger partial charge in [0, 0.05) is 6.42 Å². The monoisotopic (exact) mass is 422 g/mol. The SMILES string of the molecule is COC(=O)CCC(C)C1CC[C@H]2C3[C@H](O)CC4C[C@H](O)CC[C@]4(C)[C@H]3C[C@H](O)[C@]12C. The molecular weight excluding hydrogens is 380 g/mol. The van der Waals surface area contributed by atoms with Crippen molar-refractivity contribution in [3.8, 4) is 0 Å². The van der Waals surface area contributed by atoms with Crippen molar-refractivity contribution < 1.29 is 24.9 Å². The Morgan fingerprint density at radius 3 is 2.50 bits per heavy atom. The number of ether oxygens (including phenoxy) is 1. The summed E-state index contributed by atoms with van der Waals surface area (Å²) in [6, 6.07) is 0. The van der Waals surface area contributed by atoms with Crippen LogP contribution in [0, 0.1) is 46.3 Å². The number of carbonyl (C=O) groups is 1. The fraction of sp³-hybridized carbons (Fsp3) is 0.960. The molecule has 4 aliphatic rings. The van der Waals surface area contributed by atoms with Crippen molar-refractivity contribution >= 4 is 5.97 Å². The predicted octanol–water partition coefficient (Wildman–Crippen LogP) is 3.54. The van der Waals surface area contributed by atoms with Crippen LogP contribution in [0.5, 0.6) is 0 Å². The summed E-state index contributed by atoms with van der Waals surface area (Å²) in [5, 5.41) is 33.1. The smallest absolute Gasteiger partial charge is 0.305 e. The van der Waals surface area contributed by atoms with Crippen LogP contribution in [0.2, 0.25) is 0 Å². The Kier molecular flexibility index (Phi) is 6.04. The third kappa shape index (κ3) is 3.34. The quantitative estimate of drug-likeness (QED) is 0.603. The van der Waals surface area contributed by atoms with Gasteiger partial charge in [0.05, 0.1) is 25.4 Å². The number of fused-ring (bicyclic) bond motifs is 5. The zero-order valence-corrected chi connectivity index (χ0v) is 19.2. The Bertz CT molecular complexity index is 651. The summed E-state index contributed by atoms with van der Waals surface area (Å²) in [5.74, 6) is 1.81. The van der Waals surface area contributed by atoms with Crippen LogP contribution < -0.4 is 0 Å². The fourth-order valence-corrected chi connectivity index (χ4v) is 8.78. The van der Waals surface area contributed by atoms with E-state index in [4.69, 9.17) is 4.74 Å². The van der Waals surface area contributed by atoms with Gasteiger partial charge in [-0.2, -0.15) is 0 Å². The van der Waals surface area contributed by atoms with Gasteiger partial charge >= 0.3 is 5.97 Å². The lowest BCUT2D eigenvalue weighted by Crippen LogP contribution is -2.62. The molecule has 4 saturated carbocycles. The zero-order valence-electron chi connectivity index (χ0n) is 19.2. The van der Waals surface area contributed by atoms with E-state index in [2.05, 4.69) is 20.8 Å². The summed E-state index contributed by atoms with van der Waals surface area (Å²) in [7, 11) is 1.44. The second kappa shape index (κ2) is 8.04. The van der Waals surface area contributed by atoms with Gasteiger partial charge in [0.2, 0.25) is 0 Å². The third-order valence-electron chi connectivity index (χ3n) is 10.6. The van der Waals surface area contributed by atoms with Gasteiger partial charge in [0.1, 0.15) is 0 Å². The first-order valence-electron chi connectivity index (χ1n) is 12.2. The third-order valence-corrected chi connectivity index (χ3v) is 10.6. The van der Waals surface area contributed by atoms with Gasteiger partial charge in [0.25, 0.3) is 0 Å². The van der Waals surface area contributed by atoms with Crippen molar-refractivity contribution in [1.29, 1.82) is 0 Å². The highest BCUT2D eigenvalue weighted by Gasteiger charge is 2.65. The molecule has 5 heteroatoms. The topological polar surface area (TPSA) is 87.0 Å². The molecule has 3 N–H and O–H groups in total. The molecule has 30 heavy (non-hydrogen) atoms. The highest BCUT2D eigenvalue weighted by atomic mass is 16.5. The van der Waals surface area contributed by atoms with Crippen molar-refractivity contribution in [2.75, 3.05) is 7.11 Å².